The molecule has 3 aromatic heterocycles. The van der Waals surface area contributed by atoms with Crippen LogP contribution in [0.4, 0.5) is 5.82 Å². The van der Waals surface area contributed by atoms with E-state index >= 15 is 0 Å². The third kappa shape index (κ3) is 2.34. The normalized spacial score (nSPS) is 11.1. The van der Waals surface area contributed by atoms with Crippen molar-refractivity contribution in [2.75, 3.05) is 12.3 Å². The molecular formula is C15H17N5O. The van der Waals surface area contributed by atoms with Crippen molar-refractivity contribution in [3.63, 3.8) is 0 Å². The molecule has 108 valence electrons. The van der Waals surface area contributed by atoms with Crippen molar-refractivity contribution in [3.8, 4) is 11.1 Å². The zero-order valence-corrected chi connectivity index (χ0v) is 11.8. The molecule has 0 atom stereocenters. The Kier molecular flexibility index (Phi) is 3.53. The van der Waals surface area contributed by atoms with Crippen LogP contribution in [-0.4, -0.2) is 31.5 Å². The summed E-state index contributed by atoms with van der Waals surface area (Å²) in [6.07, 6.45) is 4.36. The molecule has 0 radical (unpaired) electrons. The Balaban J connectivity index is 2.25. The molecule has 0 saturated carbocycles. The van der Waals surface area contributed by atoms with Crippen molar-refractivity contribution in [1.29, 1.82) is 0 Å². The van der Waals surface area contributed by atoms with Crippen molar-refractivity contribution in [2.24, 2.45) is 0 Å². The quantitative estimate of drug-likeness (QED) is 0.759. The Bertz CT molecular complexity index is 767. The summed E-state index contributed by atoms with van der Waals surface area (Å²) < 4.78 is 1.65. The molecule has 0 aliphatic rings. The largest absolute Gasteiger partial charge is 0.394 e. The minimum absolute atomic E-state index is 0.00369. The molecule has 0 aliphatic heterocycles. The van der Waals surface area contributed by atoms with Crippen LogP contribution in [0.3, 0.4) is 0 Å². The Morgan fingerprint density at radius 2 is 2.24 bits per heavy atom. The van der Waals surface area contributed by atoms with Gasteiger partial charge in [-0.15, -0.1) is 0 Å². The second-order valence-corrected chi connectivity index (χ2v) is 4.78. The molecule has 21 heavy (non-hydrogen) atoms. The molecule has 0 saturated heterocycles. The second kappa shape index (κ2) is 5.49. The lowest BCUT2D eigenvalue weighted by Gasteiger charge is -2.08. The minimum atomic E-state index is 0.00369. The van der Waals surface area contributed by atoms with E-state index in [1.807, 2.05) is 24.4 Å². The summed E-state index contributed by atoms with van der Waals surface area (Å²) in [6.45, 7) is 2.45. The number of rotatable bonds is 4. The molecule has 0 unspecified atom stereocenters. The molecule has 3 N–H and O–H groups in total. The van der Waals surface area contributed by atoms with Gasteiger partial charge in [0.15, 0.2) is 11.5 Å². The fourth-order valence-corrected chi connectivity index (χ4v) is 2.45. The highest BCUT2D eigenvalue weighted by Crippen LogP contribution is 2.29. The molecular weight excluding hydrogens is 266 g/mol. The van der Waals surface area contributed by atoms with Gasteiger partial charge in [0.05, 0.1) is 24.2 Å². The van der Waals surface area contributed by atoms with E-state index in [0.717, 1.165) is 28.6 Å². The van der Waals surface area contributed by atoms with Crippen molar-refractivity contribution in [2.45, 2.75) is 19.9 Å². The summed E-state index contributed by atoms with van der Waals surface area (Å²) in [6, 6.07) is 5.91. The average molecular weight is 283 g/mol. The van der Waals surface area contributed by atoms with Gasteiger partial charge in [-0.05, 0) is 18.6 Å². The number of aliphatic hydroxyl groups excluding tert-OH is 1. The van der Waals surface area contributed by atoms with Crippen LogP contribution in [0.5, 0.6) is 0 Å². The van der Waals surface area contributed by atoms with Crippen molar-refractivity contribution in [1.82, 2.24) is 19.7 Å². The van der Waals surface area contributed by atoms with Gasteiger partial charge in [-0.25, -0.2) is 9.67 Å². The summed E-state index contributed by atoms with van der Waals surface area (Å²) in [7, 11) is 0. The van der Waals surface area contributed by atoms with E-state index in [9.17, 15) is 0 Å². The van der Waals surface area contributed by atoms with Crippen molar-refractivity contribution < 1.29 is 5.11 Å². The predicted molar refractivity (Wildman–Crippen MR) is 81.6 cm³/mol. The van der Waals surface area contributed by atoms with Crippen LogP contribution in [-0.2, 0) is 13.0 Å². The highest BCUT2D eigenvalue weighted by atomic mass is 16.3. The summed E-state index contributed by atoms with van der Waals surface area (Å²) in [5.74, 6) is 0.429. The Labute approximate surface area is 122 Å². The van der Waals surface area contributed by atoms with Crippen LogP contribution in [0.15, 0.2) is 30.6 Å². The van der Waals surface area contributed by atoms with Gasteiger partial charge in [0.2, 0.25) is 0 Å². The van der Waals surface area contributed by atoms with Gasteiger partial charge in [-0.2, -0.15) is 5.10 Å². The number of anilines is 1. The van der Waals surface area contributed by atoms with E-state index in [1.165, 1.54) is 0 Å². The van der Waals surface area contributed by atoms with Crippen molar-refractivity contribution >= 4 is 16.9 Å². The third-order valence-corrected chi connectivity index (χ3v) is 3.45. The zero-order chi connectivity index (χ0) is 14.8. The van der Waals surface area contributed by atoms with Crippen LogP contribution in [0.1, 0.15) is 12.6 Å². The number of aryl methyl sites for hydroxylation is 1. The fraction of sp³-hybridized carbons (Fsp3) is 0.267. The van der Waals surface area contributed by atoms with Crippen LogP contribution < -0.4 is 5.73 Å². The van der Waals surface area contributed by atoms with Crippen LogP contribution in [0, 0.1) is 0 Å². The van der Waals surface area contributed by atoms with E-state index in [1.54, 1.807) is 10.9 Å². The summed E-state index contributed by atoms with van der Waals surface area (Å²) in [4.78, 5) is 8.85. The molecule has 0 bridgehead atoms. The van der Waals surface area contributed by atoms with E-state index in [0.29, 0.717) is 18.0 Å². The molecule has 0 fully saturated rings. The van der Waals surface area contributed by atoms with Crippen LogP contribution in [0.2, 0.25) is 0 Å². The first-order valence-electron chi connectivity index (χ1n) is 6.91. The van der Waals surface area contributed by atoms with Crippen molar-refractivity contribution in [3.05, 3.63) is 36.3 Å². The van der Waals surface area contributed by atoms with Gasteiger partial charge >= 0.3 is 0 Å². The van der Waals surface area contributed by atoms with E-state index < -0.39 is 0 Å². The highest BCUT2D eigenvalue weighted by molar-refractivity contribution is 5.90. The average Bonchev–Trinajstić information content (AvgIpc) is 2.83. The second-order valence-electron chi connectivity index (χ2n) is 4.78. The lowest BCUT2D eigenvalue weighted by atomic mass is 10.0. The predicted octanol–water partition coefficient (Wildman–Crippen LogP) is 1.63. The first-order chi connectivity index (χ1) is 10.2. The summed E-state index contributed by atoms with van der Waals surface area (Å²) in [5, 5.41) is 14.2. The van der Waals surface area contributed by atoms with Gasteiger partial charge in [0.25, 0.3) is 0 Å². The molecule has 0 amide bonds. The maximum atomic E-state index is 9.11. The number of nitrogens with two attached hydrogens (primary N) is 1. The SMILES string of the molecule is CCc1nc2c(cc1-c1cccnc1)c(N)nn2CCO. The van der Waals surface area contributed by atoms with E-state index in [-0.39, 0.29) is 6.61 Å². The maximum absolute atomic E-state index is 9.11. The number of aliphatic hydroxyl groups is 1. The molecule has 3 heterocycles. The maximum Gasteiger partial charge on any atom is 0.160 e. The number of fused-ring (bicyclic) bond motifs is 1. The Morgan fingerprint density at radius 3 is 2.90 bits per heavy atom. The monoisotopic (exact) mass is 283 g/mol. The topological polar surface area (TPSA) is 89.9 Å². The fourth-order valence-electron chi connectivity index (χ4n) is 2.45. The molecule has 3 aromatic rings. The highest BCUT2D eigenvalue weighted by Gasteiger charge is 2.14. The number of pyridine rings is 2. The number of aromatic nitrogens is 4. The molecule has 0 spiro atoms. The van der Waals surface area contributed by atoms with Gasteiger partial charge in [-0.3, -0.25) is 4.98 Å². The lowest BCUT2D eigenvalue weighted by molar-refractivity contribution is 0.271. The van der Waals surface area contributed by atoms with Gasteiger partial charge in [-0.1, -0.05) is 13.0 Å². The standard InChI is InChI=1S/C15H17N5O/c1-2-13-11(10-4-3-5-17-9-10)8-12-14(16)19-20(6-7-21)15(12)18-13/h3-5,8-9,21H,2,6-7H2,1H3,(H2,16,19). The van der Waals surface area contributed by atoms with Gasteiger partial charge in [0.1, 0.15) is 0 Å². The van der Waals surface area contributed by atoms with E-state index in [4.69, 9.17) is 15.8 Å². The minimum Gasteiger partial charge on any atom is -0.394 e. The third-order valence-electron chi connectivity index (χ3n) is 3.45. The first-order valence-corrected chi connectivity index (χ1v) is 6.91. The Hall–Kier alpha value is -2.47. The number of nitrogen functional groups attached to an aromatic ring is 1. The molecule has 6 nitrogen and oxygen atoms in total. The van der Waals surface area contributed by atoms with Crippen LogP contribution >= 0.6 is 0 Å². The first kappa shape index (κ1) is 13.5. The lowest BCUT2D eigenvalue weighted by Crippen LogP contribution is -2.06. The number of nitrogens with zero attached hydrogens (tertiary/aromatic N) is 4. The number of hydrogen-bond donors (Lipinski definition) is 2. The zero-order valence-electron chi connectivity index (χ0n) is 11.8. The molecule has 3 rings (SSSR count). The van der Waals surface area contributed by atoms with E-state index in [2.05, 4.69) is 17.0 Å². The Morgan fingerprint density at radius 1 is 1.38 bits per heavy atom. The summed E-state index contributed by atoms with van der Waals surface area (Å²) in [5.41, 5.74) is 9.69. The summed E-state index contributed by atoms with van der Waals surface area (Å²) >= 11 is 0. The van der Waals surface area contributed by atoms with Crippen LogP contribution in [0.25, 0.3) is 22.2 Å². The smallest absolute Gasteiger partial charge is 0.160 e. The number of hydrogen-bond acceptors (Lipinski definition) is 5. The van der Waals surface area contributed by atoms with Gasteiger partial charge in [0, 0.05) is 23.5 Å². The molecule has 0 aliphatic carbocycles. The molecule has 0 aromatic carbocycles. The van der Waals surface area contributed by atoms with Gasteiger partial charge < -0.3 is 10.8 Å². The molecule has 6 heteroatoms.